The molecule has 0 amide bonds. The van der Waals surface area contributed by atoms with E-state index >= 15 is 0 Å². The van der Waals surface area contributed by atoms with Crippen LogP contribution in [0, 0.1) is 20.2 Å². The van der Waals surface area contributed by atoms with E-state index in [4.69, 9.17) is 11.6 Å². The number of hydrogen-bond acceptors (Lipinski definition) is 4. The topological polar surface area (TPSA) is 86.3 Å². The number of benzene rings is 1. The summed E-state index contributed by atoms with van der Waals surface area (Å²) in [6, 6.07) is 5.94. The molecule has 0 heterocycles. The Morgan fingerprint density at radius 1 is 1.25 bits per heavy atom. The molecule has 1 aromatic rings. The van der Waals surface area contributed by atoms with Gasteiger partial charge in [0.1, 0.15) is 0 Å². The van der Waals surface area contributed by atoms with E-state index in [2.05, 4.69) is 0 Å². The summed E-state index contributed by atoms with van der Waals surface area (Å²) in [6.07, 6.45) is 1.95. The standard InChI is InChI=1S/C13H15ClN2O4/c1-13(2,16(19)20)8-11(9-14)7-10-3-5-12(6-4-10)15(17)18/h3-7H,8-9H2,1-2H3/b11-7-. The molecule has 0 aliphatic rings. The third-order valence-corrected chi connectivity index (χ3v) is 3.14. The molecule has 7 heteroatoms. The minimum atomic E-state index is -1.10. The summed E-state index contributed by atoms with van der Waals surface area (Å²) in [7, 11) is 0. The number of halogens is 1. The molecule has 0 spiro atoms. The van der Waals surface area contributed by atoms with E-state index in [9.17, 15) is 20.2 Å². The highest BCUT2D eigenvalue weighted by Gasteiger charge is 2.31. The van der Waals surface area contributed by atoms with Crippen LogP contribution >= 0.6 is 11.6 Å². The molecule has 0 atom stereocenters. The summed E-state index contributed by atoms with van der Waals surface area (Å²) in [5.41, 5.74) is 0.342. The molecule has 0 fully saturated rings. The maximum atomic E-state index is 10.9. The van der Waals surface area contributed by atoms with Gasteiger partial charge in [0.15, 0.2) is 0 Å². The molecule has 0 N–H and O–H groups in total. The maximum absolute atomic E-state index is 10.9. The van der Waals surface area contributed by atoms with Gasteiger partial charge in [-0.15, -0.1) is 11.6 Å². The Kier molecular flexibility index (Phi) is 5.21. The molecule has 1 rings (SSSR count). The van der Waals surface area contributed by atoms with E-state index < -0.39 is 10.5 Å². The van der Waals surface area contributed by atoms with Crippen molar-refractivity contribution in [2.45, 2.75) is 25.8 Å². The zero-order valence-corrected chi connectivity index (χ0v) is 12.0. The van der Waals surface area contributed by atoms with Crippen molar-refractivity contribution in [1.82, 2.24) is 0 Å². The molecular formula is C13H15ClN2O4. The molecule has 0 saturated heterocycles. The normalized spacial score (nSPS) is 12.2. The van der Waals surface area contributed by atoms with Gasteiger partial charge in [0.05, 0.1) is 4.92 Å². The van der Waals surface area contributed by atoms with E-state index in [1.807, 2.05) is 0 Å². The predicted molar refractivity (Wildman–Crippen MR) is 77.5 cm³/mol. The van der Waals surface area contributed by atoms with Gasteiger partial charge in [0.2, 0.25) is 5.54 Å². The molecular weight excluding hydrogens is 284 g/mol. The Hall–Kier alpha value is -1.95. The molecule has 108 valence electrons. The second-order valence-electron chi connectivity index (χ2n) is 5.03. The fourth-order valence-corrected chi connectivity index (χ4v) is 1.86. The maximum Gasteiger partial charge on any atom is 0.269 e. The van der Waals surface area contributed by atoms with E-state index in [-0.39, 0.29) is 22.9 Å². The molecule has 0 aromatic heterocycles. The number of nitro benzene ring substituents is 1. The molecule has 0 saturated carbocycles. The zero-order chi connectivity index (χ0) is 15.3. The predicted octanol–water partition coefficient (Wildman–Crippen LogP) is 3.66. The molecule has 0 unspecified atom stereocenters. The first kappa shape index (κ1) is 16.1. The Morgan fingerprint density at radius 3 is 2.20 bits per heavy atom. The van der Waals surface area contributed by atoms with Crippen LogP contribution in [-0.2, 0) is 0 Å². The first-order chi connectivity index (χ1) is 9.26. The van der Waals surface area contributed by atoms with Gasteiger partial charge in [-0.05, 0) is 23.3 Å². The Balaban J connectivity index is 2.94. The van der Waals surface area contributed by atoms with Gasteiger partial charge in [-0.3, -0.25) is 20.2 Å². The fourth-order valence-electron chi connectivity index (χ4n) is 1.69. The van der Waals surface area contributed by atoms with Crippen LogP contribution in [0.25, 0.3) is 6.08 Å². The van der Waals surface area contributed by atoms with Gasteiger partial charge in [-0.1, -0.05) is 6.08 Å². The summed E-state index contributed by atoms with van der Waals surface area (Å²) in [4.78, 5) is 20.6. The van der Waals surface area contributed by atoms with Crippen LogP contribution in [0.3, 0.4) is 0 Å². The van der Waals surface area contributed by atoms with E-state index in [0.717, 1.165) is 5.56 Å². The minimum absolute atomic E-state index is 0.000180. The van der Waals surface area contributed by atoms with Gasteiger partial charge in [-0.2, -0.15) is 0 Å². The van der Waals surface area contributed by atoms with Gasteiger partial charge in [0.25, 0.3) is 5.69 Å². The number of hydrogen-bond donors (Lipinski definition) is 0. The van der Waals surface area contributed by atoms with Crippen LogP contribution in [0.4, 0.5) is 5.69 Å². The molecule has 1 aromatic carbocycles. The summed E-state index contributed by atoms with van der Waals surface area (Å²) in [6.45, 7) is 3.06. The van der Waals surface area contributed by atoms with Gasteiger partial charge >= 0.3 is 0 Å². The van der Waals surface area contributed by atoms with Crippen LogP contribution in [0.2, 0.25) is 0 Å². The summed E-state index contributed by atoms with van der Waals surface area (Å²) < 4.78 is 0. The van der Waals surface area contributed by atoms with Crippen molar-refractivity contribution < 1.29 is 9.85 Å². The number of nitro groups is 2. The van der Waals surface area contributed by atoms with Crippen LogP contribution in [0.15, 0.2) is 29.8 Å². The molecule has 6 nitrogen and oxygen atoms in total. The second kappa shape index (κ2) is 6.47. The third kappa shape index (κ3) is 4.31. The van der Waals surface area contributed by atoms with E-state index in [0.29, 0.717) is 5.57 Å². The van der Waals surface area contributed by atoms with Crippen molar-refractivity contribution >= 4 is 23.4 Å². The fraction of sp³-hybridized carbons (Fsp3) is 0.385. The zero-order valence-electron chi connectivity index (χ0n) is 11.2. The lowest BCUT2D eigenvalue weighted by molar-refractivity contribution is -0.559. The van der Waals surface area contributed by atoms with Gasteiger partial charge in [0, 0.05) is 43.2 Å². The SMILES string of the molecule is CC(C)(C/C(=C/c1ccc([N+](=O)[O-])cc1)CCl)[N+](=O)[O-]. The van der Waals surface area contributed by atoms with Crippen molar-refractivity contribution in [2.75, 3.05) is 5.88 Å². The minimum Gasteiger partial charge on any atom is -0.264 e. The van der Waals surface area contributed by atoms with Crippen molar-refractivity contribution in [3.8, 4) is 0 Å². The average molecular weight is 299 g/mol. The van der Waals surface area contributed by atoms with Crippen molar-refractivity contribution in [2.24, 2.45) is 0 Å². The number of non-ortho nitro benzene ring substituents is 1. The number of rotatable bonds is 6. The average Bonchev–Trinajstić information content (AvgIpc) is 2.38. The quantitative estimate of drug-likeness (QED) is 0.455. The van der Waals surface area contributed by atoms with Gasteiger partial charge in [-0.25, -0.2) is 0 Å². The smallest absolute Gasteiger partial charge is 0.264 e. The highest BCUT2D eigenvalue weighted by Crippen LogP contribution is 2.23. The van der Waals surface area contributed by atoms with Crippen LogP contribution < -0.4 is 0 Å². The van der Waals surface area contributed by atoms with Crippen LogP contribution in [0.1, 0.15) is 25.8 Å². The Morgan fingerprint density at radius 2 is 1.80 bits per heavy atom. The number of nitrogens with zero attached hydrogens (tertiary/aromatic N) is 2. The highest BCUT2D eigenvalue weighted by atomic mass is 35.5. The largest absolute Gasteiger partial charge is 0.269 e. The molecule has 0 aliphatic carbocycles. The molecule has 20 heavy (non-hydrogen) atoms. The first-order valence-corrected chi connectivity index (χ1v) is 6.44. The van der Waals surface area contributed by atoms with E-state index in [1.54, 1.807) is 18.2 Å². The number of alkyl halides is 1. The third-order valence-electron chi connectivity index (χ3n) is 2.80. The van der Waals surface area contributed by atoms with Gasteiger partial charge < -0.3 is 0 Å². The first-order valence-electron chi connectivity index (χ1n) is 5.90. The molecule has 0 aliphatic heterocycles. The Bertz CT molecular complexity index is 538. The van der Waals surface area contributed by atoms with Crippen LogP contribution in [0.5, 0.6) is 0 Å². The van der Waals surface area contributed by atoms with E-state index in [1.165, 1.54) is 26.0 Å². The molecule has 0 radical (unpaired) electrons. The summed E-state index contributed by atoms with van der Waals surface area (Å²) in [5.74, 6) is 0.175. The molecule has 0 bridgehead atoms. The lowest BCUT2D eigenvalue weighted by Gasteiger charge is -2.16. The highest BCUT2D eigenvalue weighted by molar-refractivity contribution is 6.19. The lowest BCUT2D eigenvalue weighted by atomic mass is 9.95. The van der Waals surface area contributed by atoms with Crippen LogP contribution in [-0.4, -0.2) is 21.3 Å². The summed E-state index contributed by atoms with van der Waals surface area (Å²) in [5, 5.41) is 21.5. The monoisotopic (exact) mass is 298 g/mol. The van der Waals surface area contributed by atoms with Crippen molar-refractivity contribution in [3.05, 3.63) is 55.6 Å². The van der Waals surface area contributed by atoms with Crippen molar-refractivity contribution in [3.63, 3.8) is 0 Å². The van der Waals surface area contributed by atoms with Crippen molar-refractivity contribution in [1.29, 1.82) is 0 Å². The lowest BCUT2D eigenvalue weighted by Crippen LogP contribution is -2.31. The summed E-state index contributed by atoms with van der Waals surface area (Å²) >= 11 is 5.81. The second-order valence-corrected chi connectivity index (χ2v) is 5.30. The Labute approximate surface area is 121 Å².